The summed E-state index contributed by atoms with van der Waals surface area (Å²) in [6.45, 7) is 5.51. The van der Waals surface area contributed by atoms with Crippen molar-refractivity contribution in [2.45, 2.75) is 26.9 Å². The second kappa shape index (κ2) is 6.25. The first kappa shape index (κ1) is 14.8. The number of nitrogens with zero attached hydrogens (tertiary/aromatic N) is 1. The molecule has 0 radical (unpaired) electrons. The summed E-state index contributed by atoms with van der Waals surface area (Å²) in [5.74, 6) is 0.211. The standard InChI is InChI=1S/C14H17FN4O2/c1-8(2)21-10-4-5-12(11(15)7-10)16-14(20)17-13-6-9(3)18-19-13/h4-8H,1-3H3,(H3,16,17,18,19,20). The number of rotatable bonds is 4. The van der Waals surface area contributed by atoms with Gasteiger partial charge in [-0.2, -0.15) is 5.10 Å². The Morgan fingerprint density at radius 1 is 1.33 bits per heavy atom. The number of H-pyrrole nitrogens is 1. The minimum absolute atomic E-state index is 0.0468. The molecule has 1 aromatic heterocycles. The van der Waals surface area contributed by atoms with E-state index in [1.165, 1.54) is 12.1 Å². The molecule has 0 aliphatic carbocycles. The van der Waals surface area contributed by atoms with E-state index in [9.17, 15) is 9.18 Å². The predicted octanol–water partition coefficient (Wildman–Crippen LogP) is 3.29. The molecule has 2 rings (SSSR count). The van der Waals surface area contributed by atoms with E-state index in [1.54, 1.807) is 12.1 Å². The lowest BCUT2D eigenvalue weighted by molar-refractivity contribution is 0.241. The highest BCUT2D eigenvalue weighted by Gasteiger charge is 2.10. The van der Waals surface area contributed by atoms with Crippen molar-refractivity contribution in [1.29, 1.82) is 0 Å². The number of urea groups is 1. The monoisotopic (exact) mass is 292 g/mol. The van der Waals surface area contributed by atoms with E-state index in [0.29, 0.717) is 11.6 Å². The molecule has 0 unspecified atom stereocenters. The van der Waals surface area contributed by atoms with Crippen molar-refractivity contribution in [3.05, 3.63) is 35.8 Å². The second-order valence-electron chi connectivity index (χ2n) is 4.82. The van der Waals surface area contributed by atoms with Gasteiger partial charge < -0.3 is 10.1 Å². The fourth-order valence-corrected chi connectivity index (χ4v) is 1.69. The normalized spacial score (nSPS) is 10.5. The minimum atomic E-state index is -0.571. The predicted molar refractivity (Wildman–Crippen MR) is 78.1 cm³/mol. The maximum Gasteiger partial charge on any atom is 0.324 e. The number of benzene rings is 1. The number of anilines is 2. The van der Waals surface area contributed by atoms with Crippen LogP contribution < -0.4 is 15.4 Å². The number of aryl methyl sites for hydroxylation is 1. The molecule has 6 nitrogen and oxygen atoms in total. The van der Waals surface area contributed by atoms with Crippen LogP contribution in [0, 0.1) is 12.7 Å². The molecule has 0 aliphatic heterocycles. The molecule has 0 saturated carbocycles. The topological polar surface area (TPSA) is 79.0 Å². The van der Waals surface area contributed by atoms with Crippen LogP contribution in [0.4, 0.5) is 20.7 Å². The number of hydrogen-bond donors (Lipinski definition) is 3. The molecule has 21 heavy (non-hydrogen) atoms. The van der Waals surface area contributed by atoms with Crippen LogP contribution in [-0.4, -0.2) is 22.3 Å². The minimum Gasteiger partial charge on any atom is -0.491 e. The van der Waals surface area contributed by atoms with Gasteiger partial charge in [-0.25, -0.2) is 9.18 Å². The van der Waals surface area contributed by atoms with Gasteiger partial charge in [-0.15, -0.1) is 0 Å². The van der Waals surface area contributed by atoms with Crippen LogP contribution in [0.1, 0.15) is 19.5 Å². The molecule has 0 fully saturated rings. The zero-order valence-electron chi connectivity index (χ0n) is 12.0. The van der Waals surface area contributed by atoms with E-state index in [0.717, 1.165) is 5.69 Å². The van der Waals surface area contributed by atoms with Crippen LogP contribution in [0.25, 0.3) is 0 Å². The first-order valence-corrected chi connectivity index (χ1v) is 6.50. The number of nitrogens with one attached hydrogen (secondary N) is 3. The molecule has 2 aromatic rings. The zero-order valence-corrected chi connectivity index (χ0v) is 12.0. The highest BCUT2D eigenvalue weighted by Crippen LogP contribution is 2.21. The van der Waals surface area contributed by atoms with Gasteiger partial charge in [-0.3, -0.25) is 10.4 Å². The summed E-state index contributed by atoms with van der Waals surface area (Å²) in [6, 6.07) is 5.36. The number of aromatic amines is 1. The Balaban J connectivity index is 2.00. The third kappa shape index (κ3) is 4.20. The lowest BCUT2D eigenvalue weighted by Gasteiger charge is -2.11. The zero-order chi connectivity index (χ0) is 15.4. The Bertz CT molecular complexity index is 640. The molecule has 1 heterocycles. The highest BCUT2D eigenvalue weighted by molar-refractivity contribution is 5.99. The summed E-state index contributed by atoms with van der Waals surface area (Å²) in [6.07, 6.45) is -0.0468. The van der Waals surface area contributed by atoms with Crippen molar-refractivity contribution < 1.29 is 13.9 Å². The SMILES string of the molecule is Cc1cc(NC(=O)Nc2ccc(OC(C)C)cc2F)n[nH]1. The summed E-state index contributed by atoms with van der Waals surface area (Å²) in [5, 5.41) is 11.5. The molecule has 0 saturated heterocycles. The quantitative estimate of drug-likeness (QED) is 0.809. The third-order valence-electron chi connectivity index (χ3n) is 2.51. The van der Waals surface area contributed by atoms with Gasteiger partial charge in [0.2, 0.25) is 0 Å². The molecule has 0 bridgehead atoms. The Hall–Kier alpha value is -2.57. The van der Waals surface area contributed by atoms with Crippen molar-refractivity contribution in [2.75, 3.05) is 10.6 Å². The molecule has 0 spiro atoms. The molecule has 3 N–H and O–H groups in total. The molecule has 1 aromatic carbocycles. The Morgan fingerprint density at radius 3 is 2.67 bits per heavy atom. The summed E-state index contributed by atoms with van der Waals surface area (Å²) < 4.78 is 19.2. The molecule has 7 heteroatoms. The maximum atomic E-state index is 13.9. The van der Waals surface area contributed by atoms with Crippen molar-refractivity contribution in [3.8, 4) is 5.75 Å². The molecule has 0 aliphatic rings. The number of ether oxygens (including phenoxy) is 1. The van der Waals surface area contributed by atoms with Gasteiger partial charge in [0.15, 0.2) is 5.82 Å². The lowest BCUT2D eigenvalue weighted by atomic mass is 10.3. The van der Waals surface area contributed by atoms with Crippen LogP contribution >= 0.6 is 0 Å². The van der Waals surface area contributed by atoms with Crippen molar-refractivity contribution in [2.24, 2.45) is 0 Å². The van der Waals surface area contributed by atoms with Gasteiger partial charge in [0.1, 0.15) is 11.6 Å². The van der Waals surface area contributed by atoms with Gasteiger partial charge in [0.05, 0.1) is 11.8 Å². The van der Waals surface area contributed by atoms with Gasteiger partial charge in [0.25, 0.3) is 0 Å². The van der Waals surface area contributed by atoms with Crippen molar-refractivity contribution in [3.63, 3.8) is 0 Å². The molecule has 0 atom stereocenters. The van der Waals surface area contributed by atoms with Crippen molar-refractivity contribution >= 4 is 17.5 Å². The van der Waals surface area contributed by atoms with Gasteiger partial charge in [-0.05, 0) is 32.9 Å². The van der Waals surface area contributed by atoms with Crippen LogP contribution in [-0.2, 0) is 0 Å². The van der Waals surface area contributed by atoms with Gasteiger partial charge in [0, 0.05) is 17.8 Å². The third-order valence-corrected chi connectivity index (χ3v) is 2.51. The van der Waals surface area contributed by atoms with Crippen LogP contribution in [0.2, 0.25) is 0 Å². The summed E-state index contributed by atoms with van der Waals surface area (Å²) >= 11 is 0. The molecular weight excluding hydrogens is 275 g/mol. The lowest BCUT2D eigenvalue weighted by Crippen LogP contribution is -2.20. The molecule has 2 amide bonds. The first-order valence-electron chi connectivity index (χ1n) is 6.50. The van der Waals surface area contributed by atoms with Gasteiger partial charge >= 0.3 is 6.03 Å². The van der Waals surface area contributed by atoms with E-state index in [4.69, 9.17) is 4.74 Å². The van der Waals surface area contributed by atoms with E-state index < -0.39 is 11.8 Å². The van der Waals surface area contributed by atoms with Crippen LogP contribution in [0.3, 0.4) is 0 Å². The van der Waals surface area contributed by atoms with Crippen LogP contribution in [0.15, 0.2) is 24.3 Å². The Kier molecular flexibility index (Phi) is 4.42. The first-order chi connectivity index (χ1) is 9.94. The average Bonchev–Trinajstić information content (AvgIpc) is 2.77. The maximum absolute atomic E-state index is 13.9. The fraction of sp³-hybridized carbons (Fsp3) is 0.286. The summed E-state index contributed by atoms with van der Waals surface area (Å²) in [5.41, 5.74) is 0.877. The largest absolute Gasteiger partial charge is 0.491 e. The number of halogens is 1. The Morgan fingerprint density at radius 2 is 2.10 bits per heavy atom. The number of hydrogen-bond acceptors (Lipinski definition) is 3. The molecule has 112 valence electrons. The number of amides is 2. The van der Waals surface area contributed by atoms with E-state index in [-0.39, 0.29) is 11.8 Å². The van der Waals surface area contributed by atoms with E-state index >= 15 is 0 Å². The Labute approximate surface area is 121 Å². The highest BCUT2D eigenvalue weighted by atomic mass is 19.1. The second-order valence-corrected chi connectivity index (χ2v) is 4.82. The summed E-state index contributed by atoms with van der Waals surface area (Å²) in [7, 11) is 0. The van der Waals surface area contributed by atoms with E-state index in [2.05, 4.69) is 20.8 Å². The fourth-order valence-electron chi connectivity index (χ4n) is 1.69. The van der Waals surface area contributed by atoms with E-state index in [1.807, 2.05) is 20.8 Å². The summed E-state index contributed by atoms with van der Waals surface area (Å²) in [4.78, 5) is 11.7. The number of carbonyl (C=O) groups is 1. The smallest absolute Gasteiger partial charge is 0.324 e. The van der Waals surface area contributed by atoms with Crippen LogP contribution in [0.5, 0.6) is 5.75 Å². The number of carbonyl (C=O) groups excluding carboxylic acids is 1. The number of aromatic nitrogens is 2. The van der Waals surface area contributed by atoms with Gasteiger partial charge in [-0.1, -0.05) is 0 Å². The van der Waals surface area contributed by atoms with Crippen molar-refractivity contribution in [1.82, 2.24) is 10.2 Å². The molecular formula is C14H17FN4O2. The average molecular weight is 292 g/mol.